The number of aryl methyl sites for hydroxylation is 1. The van der Waals surface area contributed by atoms with Crippen molar-refractivity contribution in [3.05, 3.63) is 77.4 Å². The molecule has 3 aromatic rings. The summed E-state index contributed by atoms with van der Waals surface area (Å²) in [5.41, 5.74) is 4.68. The van der Waals surface area contributed by atoms with Crippen LogP contribution in [0, 0.1) is 6.92 Å². The summed E-state index contributed by atoms with van der Waals surface area (Å²) in [6.45, 7) is 1.96. The van der Waals surface area contributed by atoms with Gasteiger partial charge in [0.2, 0.25) is 0 Å². The zero-order valence-corrected chi connectivity index (χ0v) is 12.7. The van der Waals surface area contributed by atoms with Crippen LogP contribution in [0.25, 0.3) is 10.8 Å². The molecule has 2 N–H and O–H groups in total. The topological polar surface area (TPSA) is 61.7 Å². The molecule has 0 fully saturated rings. The summed E-state index contributed by atoms with van der Waals surface area (Å²) in [5, 5.41) is 15.9. The van der Waals surface area contributed by atoms with Crippen LogP contribution >= 0.6 is 0 Å². The number of hydrogen-bond acceptors (Lipinski definition) is 3. The van der Waals surface area contributed by atoms with E-state index in [0.29, 0.717) is 11.1 Å². The zero-order chi connectivity index (χ0) is 16.2. The van der Waals surface area contributed by atoms with Crippen molar-refractivity contribution in [2.45, 2.75) is 6.92 Å². The van der Waals surface area contributed by atoms with Crippen LogP contribution in [0.5, 0.6) is 5.75 Å². The standard InChI is InChI=1S/C19H16N2O2/c1-13-6-8-15(9-7-13)19(23)21-20-12-17-16-5-3-2-4-14(16)10-11-18(17)22/h2-12,22H,1H3,(H,21,23)/b20-12+. The van der Waals surface area contributed by atoms with Gasteiger partial charge in [-0.05, 0) is 35.9 Å². The number of amides is 1. The fourth-order valence-corrected chi connectivity index (χ4v) is 2.34. The number of rotatable bonds is 3. The number of carbonyl (C=O) groups excluding carboxylic acids is 1. The first-order valence-corrected chi connectivity index (χ1v) is 7.26. The summed E-state index contributed by atoms with van der Waals surface area (Å²) in [6, 6.07) is 18.4. The Bertz CT molecular complexity index is 884. The summed E-state index contributed by atoms with van der Waals surface area (Å²) in [4.78, 5) is 12.0. The molecule has 0 aliphatic heterocycles. The number of nitrogens with zero attached hydrogens (tertiary/aromatic N) is 1. The smallest absolute Gasteiger partial charge is 0.271 e. The van der Waals surface area contributed by atoms with Crippen molar-refractivity contribution < 1.29 is 9.90 Å². The number of hydrogen-bond donors (Lipinski definition) is 2. The number of benzene rings is 3. The van der Waals surface area contributed by atoms with Gasteiger partial charge in [-0.25, -0.2) is 5.43 Å². The molecule has 4 heteroatoms. The molecule has 23 heavy (non-hydrogen) atoms. The van der Waals surface area contributed by atoms with E-state index in [-0.39, 0.29) is 11.7 Å². The Hall–Kier alpha value is -3.14. The molecule has 0 saturated carbocycles. The van der Waals surface area contributed by atoms with Crippen LogP contribution in [0.4, 0.5) is 0 Å². The SMILES string of the molecule is Cc1ccc(C(=O)N/N=C/c2c(O)ccc3ccccc23)cc1. The van der Waals surface area contributed by atoms with Crippen molar-refractivity contribution in [1.82, 2.24) is 5.43 Å². The third-order valence-corrected chi connectivity index (χ3v) is 3.62. The Morgan fingerprint density at radius 3 is 2.57 bits per heavy atom. The fourth-order valence-electron chi connectivity index (χ4n) is 2.34. The van der Waals surface area contributed by atoms with Gasteiger partial charge in [0.05, 0.1) is 6.21 Å². The summed E-state index contributed by atoms with van der Waals surface area (Å²) in [7, 11) is 0. The molecule has 0 heterocycles. The molecule has 114 valence electrons. The molecule has 0 bridgehead atoms. The Kier molecular flexibility index (Phi) is 4.06. The second-order valence-corrected chi connectivity index (χ2v) is 5.28. The Labute approximate surface area is 134 Å². The Balaban J connectivity index is 1.82. The van der Waals surface area contributed by atoms with E-state index >= 15 is 0 Å². The van der Waals surface area contributed by atoms with E-state index in [9.17, 15) is 9.90 Å². The first kappa shape index (κ1) is 14.8. The summed E-state index contributed by atoms with van der Waals surface area (Å²) >= 11 is 0. The maximum atomic E-state index is 12.0. The van der Waals surface area contributed by atoms with E-state index < -0.39 is 0 Å². The van der Waals surface area contributed by atoms with Gasteiger partial charge in [-0.3, -0.25) is 4.79 Å². The van der Waals surface area contributed by atoms with Gasteiger partial charge < -0.3 is 5.11 Å². The van der Waals surface area contributed by atoms with Crippen molar-refractivity contribution in [2.75, 3.05) is 0 Å². The average molecular weight is 304 g/mol. The largest absolute Gasteiger partial charge is 0.507 e. The van der Waals surface area contributed by atoms with Crippen molar-refractivity contribution in [2.24, 2.45) is 5.10 Å². The van der Waals surface area contributed by atoms with Crippen molar-refractivity contribution in [3.63, 3.8) is 0 Å². The molecule has 0 aliphatic rings. The minimum atomic E-state index is -0.291. The van der Waals surface area contributed by atoms with Gasteiger partial charge >= 0.3 is 0 Å². The van der Waals surface area contributed by atoms with E-state index in [4.69, 9.17) is 0 Å². The third-order valence-electron chi connectivity index (χ3n) is 3.62. The molecule has 0 radical (unpaired) electrons. The normalized spacial score (nSPS) is 11.0. The van der Waals surface area contributed by atoms with Gasteiger partial charge in [0.25, 0.3) is 5.91 Å². The fraction of sp³-hybridized carbons (Fsp3) is 0.0526. The number of hydrazone groups is 1. The summed E-state index contributed by atoms with van der Waals surface area (Å²) in [5.74, 6) is -0.169. The van der Waals surface area contributed by atoms with Crippen molar-refractivity contribution in [3.8, 4) is 5.75 Å². The predicted molar refractivity (Wildman–Crippen MR) is 91.9 cm³/mol. The summed E-state index contributed by atoms with van der Waals surface area (Å²) < 4.78 is 0. The lowest BCUT2D eigenvalue weighted by Crippen LogP contribution is -2.17. The maximum absolute atomic E-state index is 12.0. The zero-order valence-electron chi connectivity index (χ0n) is 12.7. The second-order valence-electron chi connectivity index (χ2n) is 5.28. The van der Waals surface area contributed by atoms with Crippen molar-refractivity contribution in [1.29, 1.82) is 0 Å². The molecule has 0 unspecified atom stereocenters. The summed E-state index contributed by atoms with van der Waals surface area (Å²) in [6.07, 6.45) is 1.46. The number of nitrogens with one attached hydrogen (secondary N) is 1. The van der Waals surface area contributed by atoms with Crippen LogP contribution in [-0.4, -0.2) is 17.2 Å². The molecule has 0 aliphatic carbocycles. The van der Waals surface area contributed by atoms with Crippen LogP contribution in [0.2, 0.25) is 0 Å². The van der Waals surface area contributed by atoms with Gasteiger partial charge in [-0.1, -0.05) is 48.0 Å². The molecule has 0 aromatic heterocycles. The minimum absolute atomic E-state index is 0.122. The molecule has 1 amide bonds. The van der Waals surface area contributed by atoms with Crippen LogP contribution in [0.3, 0.4) is 0 Å². The highest BCUT2D eigenvalue weighted by Crippen LogP contribution is 2.25. The monoisotopic (exact) mass is 304 g/mol. The highest BCUT2D eigenvalue weighted by atomic mass is 16.3. The molecule has 0 spiro atoms. The van der Waals surface area contributed by atoms with Gasteiger partial charge in [0, 0.05) is 11.1 Å². The lowest BCUT2D eigenvalue weighted by molar-refractivity contribution is 0.0955. The lowest BCUT2D eigenvalue weighted by atomic mass is 10.0. The lowest BCUT2D eigenvalue weighted by Gasteiger charge is -2.05. The molecular formula is C19H16N2O2. The van der Waals surface area contributed by atoms with Crippen LogP contribution in [-0.2, 0) is 0 Å². The van der Waals surface area contributed by atoms with Gasteiger partial charge in [-0.15, -0.1) is 0 Å². The quantitative estimate of drug-likeness (QED) is 0.573. The molecule has 3 aromatic carbocycles. The van der Waals surface area contributed by atoms with E-state index in [2.05, 4.69) is 10.5 Å². The van der Waals surface area contributed by atoms with Crippen LogP contribution < -0.4 is 5.43 Å². The Morgan fingerprint density at radius 1 is 1.04 bits per heavy atom. The second kappa shape index (κ2) is 6.32. The Morgan fingerprint density at radius 2 is 1.78 bits per heavy atom. The number of phenols is 1. The van der Waals surface area contributed by atoms with Gasteiger partial charge in [0.15, 0.2) is 0 Å². The molecule has 4 nitrogen and oxygen atoms in total. The third kappa shape index (κ3) is 3.21. The highest BCUT2D eigenvalue weighted by molar-refractivity contribution is 6.03. The van der Waals surface area contributed by atoms with Crippen LogP contribution in [0.1, 0.15) is 21.5 Å². The van der Waals surface area contributed by atoms with E-state index in [0.717, 1.165) is 16.3 Å². The highest BCUT2D eigenvalue weighted by Gasteiger charge is 2.06. The van der Waals surface area contributed by atoms with E-state index in [1.54, 1.807) is 18.2 Å². The average Bonchev–Trinajstić information content (AvgIpc) is 2.57. The number of carbonyl (C=O) groups is 1. The predicted octanol–water partition coefficient (Wildman–Crippen LogP) is 3.62. The number of aromatic hydroxyl groups is 1. The van der Waals surface area contributed by atoms with E-state index in [1.165, 1.54) is 6.21 Å². The number of fused-ring (bicyclic) bond motifs is 1. The molecular weight excluding hydrogens is 288 g/mol. The first-order chi connectivity index (χ1) is 11.1. The van der Waals surface area contributed by atoms with Gasteiger partial charge in [-0.2, -0.15) is 5.10 Å². The maximum Gasteiger partial charge on any atom is 0.271 e. The van der Waals surface area contributed by atoms with Crippen molar-refractivity contribution >= 4 is 22.9 Å². The molecule has 0 saturated heterocycles. The molecule has 0 atom stereocenters. The number of phenolic OH excluding ortho intramolecular Hbond substituents is 1. The minimum Gasteiger partial charge on any atom is -0.507 e. The van der Waals surface area contributed by atoms with Crippen LogP contribution in [0.15, 0.2) is 65.8 Å². The van der Waals surface area contributed by atoms with Gasteiger partial charge in [0.1, 0.15) is 5.75 Å². The first-order valence-electron chi connectivity index (χ1n) is 7.26. The molecule has 3 rings (SSSR count). The van der Waals surface area contributed by atoms with E-state index in [1.807, 2.05) is 49.4 Å².